The molecule has 1 saturated heterocycles. The van der Waals surface area contributed by atoms with Crippen molar-refractivity contribution in [1.29, 1.82) is 0 Å². The van der Waals surface area contributed by atoms with Gasteiger partial charge in [-0.05, 0) is 42.9 Å². The third-order valence-corrected chi connectivity index (χ3v) is 6.46. The van der Waals surface area contributed by atoms with Crippen LogP contribution >= 0.6 is 24.0 Å². The number of benzene rings is 2. The molecule has 1 fully saturated rings. The Kier molecular flexibility index (Phi) is 6.77. The highest BCUT2D eigenvalue weighted by Gasteiger charge is 2.32. The molecule has 2 aromatic rings. The summed E-state index contributed by atoms with van der Waals surface area (Å²) < 4.78 is 39.0. The fraction of sp³-hybridized carbons (Fsp3) is 0.364. The van der Waals surface area contributed by atoms with E-state index in [0.717, 1.165) is 23.1 Å². The lowest BCUT2D eigenvalue weighted by atomic mass is 9.85. The third-order valence-electron chi connectivity index (χ3n) is 4.93. The Balaban J connectivity index is 1.75. The van der Waals surface area contributed by atoms with E-state index in [0.29, 0.717) is 17.3 Å². The number of nitrogens with zero attached hydrogens (tertiary/aromatic N) is 2. The molecule has 0 aliphatic carbocycles. The van der Waals surface area contributed by atoms with Crippen LogP contribution in [-0.2, 0) is 11.6 Å². The van der Waals surface area contributed by atoms with E-state index in [-0.39, 0.29) is 11.5 Å². The van der Waals surface area contributed by atoms with Crippen LogP contribution in [0.3, 0.4) is 0 Å². The van der Waals surface area contributed by atoms with E-state index in [9.17, 15) is 13.2 Å². The number of rotatable bonds is 4. The van der Waals surface area contributed by atoms with E-state index in [1.54, 1.807) is 17.8 Å². The van der Waals surface area contributed by atoms with E-state index in [1.807, 2.05) is 30.0 Å². The summed E-state index contributed by atoms with van der Waals surface area (Å²) in [7, 11) is 0. The first-order chi connectivity index (χ1) is 14.1. The quantitative estimate of drug-likeness (QED) is 0.563. The topological polar surface area (TPSA) is 27.6 Å². The molecule has 2 aromatic carbocycles. The minimum Gasteiger partial charge on any atom is -0.332 e. The molecule has 0 bridgehead atoms. The van der Waals surface area contributed by atoms with Crippen molar-refractivity contribution in [3.05, 3.63) is 65.7 Å². The highest BCUT2D eigenvalue weighted by molar-refractivity contribution is 8.14. The van der Waals surface area contributed by atoms with Gasteiger partial charge in [-0.2, -0.15) is 13.2 Å². The molecular formula is C22H24F3N3S2. The summed E-state index contributed by atoms with van der Waals surface area (Å²) in [6, 6.07) is 15.3. The second-order valence-corrected chi connectivity index (χ2v) is 9.26. The highest BCUT2D eigenvalue weighted by atomic mass is 32.2. The Labute approximate surface area is 184 Å². The summed E-state index contributed by atoms with van der Waals surface area (Å²) in [6.45, 7) is 6.88. The molecule has 1 heterocycles. The van der Waals surface area contributed by atoms with Crippen molar-refractivity contribution in [2.45, 2.75) is 38.4 Å². The van der Waals surface area contributed by atoms with Gasteiger partial charge >= 0.3 is 6.18 Å². The molecule has 1 aliphatic rings. The lowest BCUT2D eigenvalue weighted by Crippen LogP contribution is -2.41. The second-order valence-electron chi connectivity index (χ2n) is 7.89. The van der Waals surface area contributed by atoms with Crippen molar-refractivity contribution in [2.75, 3.05) is 17.6 Å². The molecule has 1 atom stereocenters. The van der Waals surface area contributed by atoms with Crippen LogP contribution in [0.2, 0.25) is 0 Å². The number of nitrogens with one attached hydrogen (secondary N) is 1. The van der Waals surface area contributed by atoms with Crippen molar-refractivity contribution in [1.82, 2.24) is 4.90 Å². The van der Waals surface area contributed by atoms with Gasteiger partial charge in [0, 0.05) is 22.9 Å². The van der Waals surface area contributed by atoms with Crippen molar-refractivity contribution < 1.29 is 13.2 Å². The fourth-order valence-corrected chi connectivity index (χ4v) is 4.69. The highest BCUT2D eigenvalue weighted by Crippen LogP contribution is 2.32. The zero-order valence-corrected chi connectivity index (χ0v) is 18.7. The van der Waals surface area contributed by atoms with Gasteiger partial charge in [0.1, 0.15) is 0 Å². The van der Waals surface area contributed by atoms with Crippen LogP contribution in [-0.4, -0.2) is 33.5 Å². The van der Waals surface area contributed by atoms with E-state index >= 15 is 0 Å². The molecule has 1 N–H and O–H groups in total. The van der Waals surface area contributed by atoms with E-state index in [1.165, 1.54) is 11.6 Å². The Bertz CT molecular complexity index is 927. The van der Waals surface area contributed by atoms with Gasteiger partial charge in [-0.3, -0.25) is 9.89 Å². The Hall–Kier alpha value is -2.06. The van der Waals surface area contributed by atoms with Crippen LogP contribution in [0.15, 0.2) is 59.6 Å². The number of thioether (sulfide) groups is 1. The van der Waals surface area contributed by atoms with Crippen molar-refractivity contribution in [2.24, 2.45) is 4.99 Å². The number of anilines is 1. The van der Waals surface area contributed by atoms with Gasteiger partial charge in [-0.15, -0.1) is 0 Å². The lowest BCUT2D eigenvalue weighted by Gasteiger charge is -2.27. The smallest absolute Gasteiger partial charge is 0.332 e. The molecule has 0 radical (unpaired) electrons. The standard InChI is InChI=1S/C22H24F3N3S2/c1-15-13-30-20(26-14-21(2,3)16-8-5-4-6-9-16)28(15)19(29)27-18-11-7-10-17(12-18)22(23,24)25/h4-12,15H,13-14H2,1-3H3,(H,27,29)/b26-20-. The Morgan fingerprint density at radius 1 is 1.13 bits per heavy atom. The summed E-state index contributed by atoms with van der Waals surface area (Å²) >= 11 is 7.14. The summed E-state index contributed by atoms with van der Waals surface area (Å²) in [4.78, 5) is 6.71. The first-order valence-electron chi connectivity index (χ1n) is 9.58. The molecule has 160 valence electrons. The SMILES string of the molecule is CC1CS/C(=N\CC(C)(C)c2ccccc2)N1C(=S)Nc1cccc(C(F)(F)F)c1. The molecule has 0 aromatic heterocycles. The van der Waals surface area contributed by atoms with E-state index in [2.05, 4.69) is 31.3 Å². The van der Waals surface area contributed by atoms with Crippen LogP contribution in [0.5, 0.6) is 0 Å². The Morgan fingerprint density at radius 3 is 2.47 bits per heavy atom. The van der Waals surface area contributed by atoms with Crippen molar-refractivity contribution >= 4 is 39.9 Å². The maximum Gasteiger partial charge on any atom is 0.416 e. The maximum atomic E-state index is 13.0. The number of amidine groups is 1. The number of alkyl halides is 3. The molecule has 1 aliphatic heterocycles. The minimum absolute atomic E-state index is 0.0967. The van der Waals surface area contributed by atoms with Crippen LogP contribution in [0.4, 0.5) is 18.9 Å². The van der Waals surface area contributed by atoms with E-state index in [4.69, 9.17) is 17.2 Å². The average Bonchev–Trinajstić information content (AvgIpc) is 3.07. The molecule has 3 rings (SSSR count). The largest absolute Gasteiger partial charge is 0.416 e. The lowest BCUT2D eigenvalue weighted by molar-refractivity contribution is -0.137. The molecule has 3 nitrogen and oxygen atoms in total. The molecule has 8 heteroatoms. The van der Waals surface area contributed by atoms with Gasteiger partial charge < -0.3 is 5.32 Å². The van der Waals surface area contributed by atoms with Gasteiger partial charge in [-0.25, -0.2) is 0 Å². The third kappa shape index (κ3) is 5.35. The van der Waals surface area contributed by atoms with Crippen LogP contribution in [0.25, 0.3) is 0 Å². The predicted molar refractivity (Wildman–Crippen MR) is 123 cm³/mol. The zero-order valence-electron chi connectivity index (χ0n) is 17.0. The van der Waals surface area contributed by atoms with Crippen LogP contribution in [0.1, 0.15) is 31.9 Å². The Morgan fingerprint density at radius 2 is 1.80 bits per heavy atom. The van der Waals surface area contributed by atoms with Gasteiger partial charge in [-0.1, -0.05) is 62.0 Å². The number of hydrogen-bond donors (Lipinski definition) is 1. The number of halogens is 3. The molecular weight excluding hydrogens is 427 g/mol. The monoisotopic (exact) mass is 451 g/mol. The van der Waals surface area contributed by atoms with E-state index < -0.39 is 11.7 Å². The first-order valence-corrected chi connectivity index (χ1v) is 11.0. The summed E-state index contributed by atoms with van der Waals surface area (Å²) in [5.74, 6) is 0.814. The number of aliphatic imine (C=N–C) groups is 1. The second kappa shape index (κ2) is 8.98. The molecule has 1 unspecified atom stereocenters. The molecule has 0 spiro atoms. The first kappa shape index (κ1) is 22.6. The zero-order chi connectivity index (χ0) is 21.9. The van der Waals surface area contributed by atoms with Gasteiger partial charge in [0.25, 0.3) is 0 Å². The van der Waals surface area contributed by atoms with Gasteiger partial charge in [0.2, 0.25) is 0 Å². The van der Waals surface area contributed by atoms with Crippen LogP contribution in [0, 0.1) is 0 Å². The van der Waals surface area contributed by atoms with Gasteiger partial charge in [0.15, 0.2) is 10.3 Å². The number of thiocarbonyl (C=S) groups is 1. The van der Waals surface area contributed by atoms with Crippen LogP contribution < -0.4 is 5.32 Å². The minimum atomic E-state index is -4.40. The fourth-order valence-electron chi connectivity index (χ4n) is 3.14. The summed E-state index contributed by atoms with van der Waals surface area (Å²) in [6.07, 6.45) is -4.40. The number of hydrogen-bond acceptors (Lipinski definition) is 3. The summed E-state index contributed by atoms with van der Waals surface area (Å²) in [5, 5.41) is 4.09. The molecule has 0 saturated carbocycles. The van der Waals surface area contributed by atoms with Crippen molar-refractivity contribution in [3.63, 3.8) is 0 Å². The normalized spacial score (nSPS) is 18.7. The average molecular weight is 452 g/mol. The van der Waals surface area contributed by atoms with Gasteiger partial charge in [0.05, 0.1) is 12.1 Å². The molecule has 30 heavy (non-hydrogen) atoms. The molecule has 0 amide bonds. The maximum absolute atomic E-state index is 13.0. The predicted octanol–water partition coefficient (Wildman–Crippen LogP) is 6.17. The summed E-state index contributed by atoms with van der Waals surface area (Å²) in [5.41, 5.74) is 0.643. The van der Waals surface area contributed by atoms with Crippen molar-refractivity contribution in [3.8, 4) is 0 Å².